The quantitative estimate of drug-likeness (QED) is 0.231. The number of nitrogens with zero attached hydrogens (tertiary/aromatic N) is 1. The summed E-state index contributed by atoms with van der Waals surface area (Å²) in [7, 11) is 1.47. The van der Waals surface area contributed by atoms with Crippen LogP contribution in [0.5, 0.6) is 5.75 Å². The van der Waals surface area contributed by atoms with Crippen LogP contribution < -0.4 is 21.5 Å². The third-order valence-corrected chi connectivity index (χ3v) is 2.05. The Labute approximate surface area is 121 Å². The lowest BCUT2D eigenvalue weighted by molar-refractivity contribution is -0.136. The van der Waals surface area contributed by atoms with Gasteiger partial charge in [0.1, 0.15) is 5.75 Å². The summed E-state index contributed by atoms with van der Waals surface area (Å²) < 4.78 is 5.09. The normalized spacial score (nSPS) is 8.86. The summed E-state index contributed by atoms with van der Waals surface area (Å²) in [6, 6.07) is 4.78. The molecule has 0 radical (unpaired) electrons. The Morgan fingerprint density at radius 1 is 1.33 bits per heavy atom. The fourth-order valence-electron chi connectivity index (χ4n) is 1.31. The number of nitrogens with one attached hydrogen (secondary N) is 1. The Hall–Kier alpha value is -3.21. The Morgan fingerprint density at radius 2 is 2.05 bits per heavy atom. The van der Waals surface area contributed by atoms with E-state index in [0.29, 0.717) is 17.0 Å². The molecule has 0 heterocycles. The van der Waals surface area contributed by atoms with Crippen LogP contribution in [0, 0.1) is 11.8 Å². The van der Waals surface area contributed by atoms with Crippen molar-refractivity contribution in [2.24, 2.45) is 16.6 Å². The monoisotopic (exact) mass is 290 g/mol. The Morgan fingerprint density at radius 3 is 2.62 bits per heavy atom. The van der Waals surface area contributed by atoms with E-state index in [1.165, 1.54) is 14.0 Å². The number of methoxy groups -OCH3 is 1. The lowest BCUT2D eigenvalue weighted by Crippen LogP contribution is -2.23. The van der Waals surface area contributed by atoms with E-state index in [1.807, 2.05) is 0 Å². The molecule has 1 aromatic rings. The second-order valence-electron chi connectivity index (χ2n) is 3.74. The number of amides is 1. The minimum atomic E-state index is -0.916. The summed E-state index contributed by atoms with van der Waals surface area (Å²) in [5, 5.41) is 5.65. The van der Waals surface area contributed by atoms with Gasteiger partial charge in [0.25, 0.3) is 0 Å². The van der Waals surface area contributed by atoms with Crippen LogP contribution in [0.1, 0.15) is 12.5 Å². The van der Waals surface area contributed by atoms with Crippen molar-refractivity contribution >= 4 is 23.5 Å². The maximum atomic E-state index is 11.2. The Kier molecular flexibility index (Phi) is 5.58. The molecule has 0 aromatic heterocycles. The zero-order chi connectivity index (χ0) is 15.8. The molecule has 0 aliphatic heterocycles. The number of hydrogen-bond acceptors (Lipinski definition) is 5. The lowest BCUT2D eigenvalue weighted by atomic mass is 10.2. The summed E-state index contributed by atoms with van der Waals surface area (Å²) in [6.07, 6.45) is 0. The molecule has 0 fully saturated rings. The van der Waals surface area contributed by atoms with Crippen molar-refractivity contribution in [2.45, 2.75) is 6.92 Å². The zero-order valence-corrected chi connectivity index (χ0v) is 11.5. The first-order valence-electron chi connectivity index (χ1n) is 5.70. The molecule has 5 N–H and O–H groups in total. The molecule has 1 amide bonds. The van der Waals surface area contributed by atoms with Crippen molar-refractivity contribution in [3.05, 3.63) is 23.8 Å². The molecule has 0 spiro atoms. The number of carbonyl (C=O) groups is 2. The number of benzene rings is 1. The van der Waals surface area contributed by atoms with Crippen LogP contribution in [0.2, 0.25) is 0 Å². The van der Waals surface area contributed by atoms with E-state index in [0.717, 1.165) is 0 Å². The van der Waals surface area contributed by atoms with Gasteiger partial charge in [-0.1, -0.05) is 5.92 Å². The molecule has 0 atom stereocenters. The van der Waals surface area contributed by atoms with Crippen LogP contribution in [0.25, 0.3) is 0 Å². The molecule has 8 nitrogen and oxygen atoms in total. The molecule has 110 valence electrons. The number of oxime groups is 1. The second-order valence-corrected chi connectivity index (χ2v) is 3.74. The van der Waals surface area contributed by atoms with Gasteiger partial charge >= 0.3 is 5.97 Å². The summed E-state index contributed by atoms with van der Waals surface area (Å²) >= 11 is 0. The minimum Gasteiger partial charge on any atom is -0.495 e. The largest absolute Gasteiger partial charge is 0.495 e. The fraction of sp³-hybridized carbons (Fsp3) is 0.154. The molecule has 0 bridgehead atoms. The van der Waals surface area contributed by atoms with Crippen molar-refractivity contribution in [1.82, 2.24) is 0 Å². The van der Waals surface area contributed by atoms with Gasteiger partial charge in [0.05, 0.1) is 12.8 Å². The number of anilines is 1. The Balaban J connectivity index is 2.92. The SMILES string of the molecule is COc1ccc(C#CC(=O)ON=C(N)N)cc1NC(C)=O. The number of hydrogen-bond donors (Lipinski definition) is 3. The number of carbonyl (C=O) groups excluding carboxylic acids is 2. The van der Waals surface area contributed by atoms with Crippen LogP contribution in [-0.4, -0.2) is 24.9 Å². The van der Waals surface area contributed by atoms with Gasteiger partial charge in [-0.3, -0.25) is 4.79 Å². The van der Waals surface area contributed by atoms with Crippen molar-refractivity contribution in [2.75, 3.05) is 12.4 Å². The van der Waals surface area contributed by atoms with Gasteiger partial charge in [-0.25, -0.2) is 4.79 Å². The van der Waals surface area contributed by atoms with Gasteiger partial charge in [0.15, 0.2) is 0 Å². The van der Waals surface area contributed by atoms with Crippen molar-refractivity contribution in [1.29, 1.82) is 0 Å². The van der Waals surface area contributed by atoms with Crippen LogP contribution in [-0.2, 0) is 14.4 Å². The minimum absolute atomic E-state index is 0.259. The third-order valence-electron chi connectivity index (χ3n) is 2.05. The van der Waals surface area contributed by atoms with E-state index in [1.54, 1.807) is 18.2 Å². The highest BCUT2D eigenvalue weighted by Gasteiger charge is 2.05. The van der Waals surface area contributed by atoms with Crippen LogP contribution >= 0.6 is 0 Å². The number of guanidine groups is 1. The highest BCUT2D eigenvalue weighted by Crippen LogP contribution is 2.25. The fourth-order valence-corrected chi connectivity index (χ4v) is 1.31. The molecule has 1 aromatic carbocycles. The molecular weight excluding hydrogens is 276 g/mol. The molecule has 0 unspecified atom stereocenters. The predicted molar refractivity (Wildman–Crippen MR) is 76.1 cm³/mol. The van der Waals surface area contributed by atoms with Crippen molar-refractivity contribution < 1.29 is 19.2 Å². The predicted octanol–water partition coefficient (Wildman–Crippen LogP) is -0.263. The average molecular weight is 290 g/mol. The first-order valence-corrected chi connectivity index (χ1v) is 5.70. The van der Waals surface area contributed by atoms with Crippen LogP contribution in [0.3, 0.4) is 0 Å². The standard InChI is InChI=1S/C13H14N4O4/c1-8(18)16-10-7-9(3-5-11(10)20-2)4-6-12(19)21-17-13(14)15/h3,5,7H,1-2H3,(H,16,18)(H4,14,15,17). The van der Waals surface area contributed by atoms with E-state index in [9.17, 15) is 9.59 Å². The number of rotatable bonds is 3. The summed E-state index contributed by atoms with van der Waals surface area (Å²) in [6.45, 7) is 1.37. The molecule has 21 heavy (non-hydrogen) atoms. The highest BCUT2D eigenvalue weighted by molar-refractivity contribution is 5.91. The van der Waals surface area contributed by atoms with Gasteiger partial charge in [-0.05, 0) is 23.4 Å². The smallest absolute Gasteiger partial charge is 0.410 e. The lowest BCUT2D eigenvalue weighted by Gasteiger charge is -2.08. The first-order chi connectivity index (χ1) is 9.92. The molecular formula is C13H14N4O4. The molecule has 0 saturated carbocycles. The zero-order valence-electron chi connectivity index (χ0n) is 11.5. The van der Waals surface area contributed by atoms with E-state index < -0.39 is 5.97 Å². The molecule has 0 aliphatic rings. The van der Waals surface area contributed by atoms with Crippen molar-refractivity contribution in [3.8, 4) is 17.6 Å². The highest BCUT2D eigenvalue weighted by atomic mass is 16.7. The maximum Gasteiger partial charge on any atom is 0.410 e. The van der Waals surface area contributed by atoms with Gasteiger partial charge in [-0.2, -0.15) is 0 Å². The summed E-state index contributed by atoms with van der Waals surface area (Å²) in [4.78, 5) is 26.6. The topological polar surface area (TPSA) is 129 Å². The van der Waals surface area contributed by atoms with Crippen LogP contribution in [0.15, 0.2) is 23.4 Å². The average Bonchev–Trinajstić information content (AvgIpc) is 2.42. The summed E-state index contributed by atoms with van der Waals surface area (Å²) in [5.74, 6) is 3.65. The molecule has 8 heteroatoms. The van der Waals surface area contributed by atoms with E-state index in [2.05, 4.69) is 27.2 Å². The maximum absolute atomic E-state index is 11.2. The molecule has 1 rings (SSSR count). The van der Waals surface area contributed by atoms with Crippen molar-refractivity contribution in [3.63, 3.8) is 0 Å². The van der Waals surface area contributed by atoms with E-state index in [-0.39, 0.29) is 11.9 Å². The van der Waals surface area contributed by atoms with Crippen LogP contribution in [0.4, 0.5) is 5.69 Å². The third kappa shape index (κ3) is 5.52. The summed E-state index contributed by atoms with van der Waals surface area (Å²) in [5.41, 5.74) is 10.9. The van der Waals surface area contributed by atoms with E-state index in [4.69, 9.17) is 16.2 Å². The van der Waals surface area contributed by atoms with Gasteiger partial charge < -0.3 is 26.4 Å². The van der Waals surface area contributed by atoms with Gasteiger partial charge in [0, 0.05) is 18.4 Å². The molecule has 0 aliphatic carbocycles. The molecule has 0 saturated heterocycles. The number of nitrogens with two attached hydrogens (primary N) is 2. The second kappa shape index (κ2) is 7.40. The van der Waals surface area contributed by atoms with Gasteiger partial charge in [0.2, 0.25) is 11.9 Å². The Bertz CT molecular complexity index is 639. The van der Waals surface area contributed by atoms with Gasteiger partial charge in [-0.15, -0.1) is 0 Å². The van der Waals surface area contributed by atoms with E-state index >= 15 is 0 Å². The number of ether oxygens (including phenoxy) is 1. The first kappa shape index (κ1) is 15.8.